The highest BCUT2D eigenvalue weighted by atomic mass is 32.1. The van der Waals surface area contributed by atoms with Crippen molar-refractivity contribution in [1.82, 2.24) is 4.90 Å². The SMILES string of the molecule is CCOC(=O)C[n+]1cc(C)sc1N=CN(C)C. The van der Waals surface area contributed by atoms with Gasteiger partial charge in [0.05, 0.1) is 6.61 Å². The van der Waals surface area contributed by atoms with E-state index < -0.39 is 0 Å². The molecule has 0 aliphatic heterocycles. The largest absolute Gasteiger partial charge is 0.463 e. The topological polar surface area (TPSA) is 45.8 Å². The van der Waals surface area contributed by atoms with Crippen LogP contribution in [0.3, 0.4) is 0 Å². The summed E-state index contributed by atoms with van der Waals surface area (Å²) in [5.74, 6) is -0.239. The molecular weight excluding hydrogens is 238 g/mol. The molecule has 0 spiro atoms. The molecule has 1 heterocycles. The van der Waals surface area contributed by atoms with Crippen LogP contribution in [0, 0.1) is 6.92 Å². The molecule has 0 radical (unpaired) electrons. The Balaban J connectivity index is 2.80. The van der Waals surface area contributed by atoms with E-state index in [1.807, 2.05) is 32.1 Å². The minimum atomic E-state index is -0.239. The Morgan fingerprint density at radius 3 is 2.94 bits per heavy atom. The van der Waals surface area contributed by atoms with Crippen LogP contribution >= 0.6 is 11.3 Å². The number of carbonyl (C=O) groups is 1. The van der Waals surface area contributed by atoms with Crippen LogP contribution in [0.1, 0.15) is 11.8 Å². The molecule has 94 valence electrons. The van der Waals surface area contributed by atoms with Crippen molar-refractivity contribution < 1.29 is 14.1 Å². The summed E-state index contributed by atoms with van der Waals surface area (Å²) in [6.07, 6.45) is 3.62. The van der Waals surface area contributed by atoms with Gasteiger partial charge in [0.25, 0.3) is 0 Å². The average molecular weight is 256 g/mol. The van der Waals surface area contributed by atoms with Gasteiger partial charge in [0, 0.05) is 19.0 Å². The molecule has 6 heteroatoms. The van der Waals surface area contributed by atoms with Crippen molar-refractivity contribution in [2.45, 2.75) is 20.4 Å². The van der Waals surface area contributed by atoms with Crippen LogP contribution < -0.4 is 4.57 Å². The third-order valence-corrected chi connectivity index (χ3v) is 2.79. The van der Waals surface area contributed by atoms with E-state index in [9.17, 15) is 4.79 Å². The summed E-state index contributed by atoms with van der Waals surface area (Å²) in [4.78, 5) is 18.7. The van der Waals surface area contributed by atoms with Gasteiger partial charge in [-0.05, 0) is 30.2 Å². The first-order valence-electron chi connectivity index (χ1n) is 5.39. The van der Waals surface area contributed by atoms with Crippen LogP contribution in [0.4, 0.5) is 5.13 Å². The van der Waals surface area contributed by atoms with Crippen molar-refractivity contribution in [1.29, 1.82) is 0 Å². The van der Waals surface area contributed by atoms with Crippen LogP contribution in [0.25, 0.3) is 0 Å². The van der Waals surface area contributed by atoms with Crippen molar-refractivity contribution in [2.24, 2.45) is 4.99 Å². The van der Waals surface area contributed by atoms with Gasteiger partial charge in [0.15, 0.2) is 6.54 Å². The maximum Gasteiger partial charge on any atom is 0.384 e. The molecule has 0 saturated heterocycles. The van der Waals surface area contributed by atoms with Crippen LogP contribution in [0.2, 0.25) is 0 Å². The second-order valence-corrected chi connectivity index (χ2v) is 4.98. The molecule has 1 aromatic heterocycles. The third kappa shape index (κ3) is 4.52. The quantitative estimate of drug-likeness (QED) is 0.343. The van der Waals surface area contributed by atoms with E-state index >= 15 is 0 Å². The molecule has 0 aliphatic rings. The second-order valence-electron chi connectivity index (χ2n) is 3.77. The molecule has 5 nitrogen and oxygen atoms in total. The average Bonchev–Trinajstić information content (AvgIpc) is 2.56. The zero-order valence-corrected chi connectivity index (χ0v) is 11.5. The Bertz CT molecular complexity index is 413. The lowest BCUT2D eigenvalue weighted by Gasteiger charge is -1.99. The number of thiazole rings is 1. The fraction of sp³-hybridized carbons (Fsp3) is 0.545. The van der Waals surface area contributed by atoms with Crippen molar-refractivity contribution in [3.63, 3.8) is 0 Å². The standard InChI is InChI=1S/C11H18N3O2S/c1-5-16-10(15)7-14-6-9(2)17-11(14)12-8-13(3)4/h6,8H,5,7H2,1-4H3/q+1. The number of rotatable bonds is 5. The minimum Gasteiger partial charge on any atom is -0.463 e. The highest BCUT2D eigenvalue weighted by molar-refractivity contribution is 7.14. The van der Waals surface area contributed by atoms with E-state index in [4.69, 9.17) is 4.74 Å². The van der Waals surface area contributed by atoms with Crippen LogP contribution in [-0.2, 0) is 16.1 Å². The predicted octanol–water partition coefficient (Wildman–Crippen LogP) is 1.13. The van der Waals surface area contributed by atoms with Gasteiger partial charge in [-0.2, -0.15) is 0 Å². The minimum absolute atomic E-state index is 0.207. The molecule has 0 amide bonds. The van der Waals surface area contributed by atoms with Gasteiger partial charge in [0.1, 0.15) is 6.20 Å². The molecule has 0 atom stereocenters. The van der Waals surface area contributed by atoms with Crippen molar-refractivity contribution in [3.05, 3.63) is 11.1 Å². The highest BCUT2D eigenvalue weighted by Gasteiger charge is 2.17. The van der Waals surface area contributed by atoms with E-state index in [0.29, 0.717) is 6.61 Å². The summed E-state index contributed by atoms with van der Waals surface area (Å²) in [6.45, 7) is 4.39. The first kappa shape index (κ1) is 13.6. The number of esters is 1. The summed E-state index contributed by atoms with van der Waals surface area (Å²) in [6, 6.07) is 0. The molecular formula is C11H18N3O2S+. The van der Waals surface area contributed by atoms with Crippen molar-refractivity contribution in [2.75, 3.05) is 20.7 Å². The van der Waals surface area contributed by atoms with Gasteiger partial charge in [-0.25, -0.2) is 9.36 Å². The molecule has 0 N–H and O–H groups in total. The lowest BCUT2D eigenvalue weighted by Crippen LogP contribution is -2.37. The Kier molecular flexibility index (Phi) is 5.09. The van der Waals surface area contributed by atoms with Crippen LogP contribution in [0.5, 0.6) is 0 Å². The maximum absolute atomic E-state index is 11.4. The molecule has 1 aromatic rings. The van der Waals surface area contributed by atoms with Crippen LogP contribution in [-0.4, -0.2) is 37.9 Å². The van der Waals surface area contributed by atoms with E-state index in [-0.39, 0.29) is 12.5 Å². The van der Waals surface area contributed by atoms with Crippen molar-refractivity contribution >= 4 is 28.8 Å². The zero-order chi connectivity index (χ0) is 12.8. The molecule has 0 unspecified atom stereocenters. The first-order chi connectivity index (χ1) is 8.02. The number of aryl methyl sites for hydroxylation is 1. The summed E-state index contributed by atoms with van der Waals surface area (Å²) < 4.78 is 6.72. The predicted molar refractivity (Wildman–Crippen MR) is 67.7 cm³/mol. The van der Waals surface area contributed by atoms with Gasteiger partial charge in [-0.1, -0.05) is 0 Å². The normalized spacial score (nSPS) is 10.8. The number of carbonyl (C=O) groups excluding carboxylic acids is 1. The molecule has 17 heavy (non-hydrogen) atoms. The molecule has 0 fully saturated rings. The van der Waals surface area contributed by atoms with E-state index in [1.165, 1.54) is 0 Å². The van der Waals surface area contributed by atoms with Gasteiger partial charge < -0.3 is 9.64 Å². The zero-order valence-electron chi connectivity index (χ0n) is 10.6. The number of hydrogen-bond donors (Lipinski definition) is 0. The lowest BCUT2D eigenvalue weighted by atomic mass is 10.6. The van der Waals surface area contributed by atoms with Crippen LogP contribution in [0.15, 0.2) is 11.2 Å². The Hall–Kier alpha value is -1.43. The number of ether oxygens (including phenoxy) is 1. The fourth-order valence-corrected chi connectivity index (χ4v) is 2.03. The Labute approximate surface area is 105 Å². The van der Waals surface area contributed by atoms with E-state index in [1.54, 1.807) is 29.2 Å². The van der Waals surface area contributed by atoms with Gasteiger partial charge in [0.2, 0.25) is 6.34 Å². The second kappa shape index (κ2) is 6.34. The molecule has 0 aliphatic carbocycles. The molecule has 0 bridgehead atoms. The van der Waals surface area contributed by atoms with Gasteiger partial charge >= 0.3 is 11.1 Å². The van der Waals surface area contributed by atoms with E-state index in [0.717, 1.165) is 10.0 Å². The summed E-state index contributed by atoms with van der Waals surface area (Å²) in [5.41, 5.74) is 0. The summed E-state index contributed by atoms with van der Waals surface area (Å²) in [5, 5.41) is 0.796. The van der Waals surface area contributed by atoms with Gasteiger partial charge in [-0.3, -0.25) is 0 Å². The number of aliphatic imine (C=N–C) groups is 1. The smallest absolute Gasteiger partial charge is 0.384 e. The molecule has 1 rings (SSSR count). The number of aromatic nitrogens is 1. The molecule has 0 saturated carbocycles. The highest BCUT2D eigenvalue weighted by Crippen LogP contribution is 2.17. The third-order valence-electron chi connectivity index (χ3n) is 1.84. The lowest BCUT2D eigenvalue weighted by molar-refractivity contribution is -0.669. The summed E-state index contributed by atoms with van der Waals surface area (Å²) >= 11 is 1.55. The first-order valence-corrected chi connectivity index (χ1v) is 6.20. The fourth-order valence-electron chi connectivity index (χ4n) is 1.23. The van der Waals surface area contributed by atoms with Gasteiger partial charge in [-0.15, -0.1) is 0 Å². The number of hydrogen-bond acceptors (Lipinski definition) is 4. The Morgan fingerprint density at radius 2 is 2.35 bits per heavy atom. The number of nitrogens with zero attached hydrogens (tertiary/aromatic N) is 3. The monoisotopic (exact) mass is 256 g/mol. The maximum atomic E-state index is 11.4. The Morgan fingerprint density at radius 1 is 1.65 bits per heavy atom. The summed E-state index contributed by atoms with van der Waals surface area (Å²) in [7, 11) is 3.80. The molecule has 0 aromatic carbocycles. The van der Waals surface area contributed by atoms with E-state index in [2.05, 4.69) is 4.99 Å². The van der Waals surface area contributed by atoms with Crippen molar-refractivity contribution in [3.8, 4) is 0 Å².